The number of carbonyl (C=O) groups excluding carboxylic acids is 3. The molecule has 8 rings (SSSR count). The Morgan fingerprint density at radius 2 is 1.20 bits per heavy atom. The predicted molar refractivity (Wildman–Crippen MR) is 188 cm³/mol. The normalized spacial score (nSPS) is 14.8. The number of imide groups is 1. The van der Waals surface area contributed by atoms with Crippen molar-refractivity contribution in [2.24, 2.45) is 0 Å². The van der Waals surface area contributed by atoms with Gasteiger partial charge in [0.05, 0.1) is 16.0 Å². The average molecular weight is 670 g/mol. The molecule has 1 aliphatic heterocycles. The first-order valence-corrected chi connectivity index (χ1v) is 18.7. The minimum absolute atomic E-state index is 0.0609. The van der Waals surface area contributed by atoms with E-state index in [1.807, 2.05) is 19.1 Å². The second-order valence-corrected chi connectivity index (χ2v) is 17.6. The maximum atomic E-state index is 14.7. The highest BCUT2D eigenvalue weighted by atomic mass is 32.1. The van der Waals surface area contributed by atoms with Gasteiger partial charge in [0.1, 0.15) is 0 Å². The molecule has 6 heterocycles. The zero-order chi connectivity index (χ0) is 30.6. The van der Waals surface area contributed by atoms with Gasteiger partial charge in [0.25, 0.3) is 11.8 Å². The van der Waals surface area contributed by atoms with Crippen molar-refractivity contribution in [3.05, 3.63) is 87.2 Å². The lowest BCUT2D eigenvalue weighted by molar-refractivity contribution is -0.108. The van der Waals surface area contributed by atoms with Crippen molar-refractivity contribution in [2.45, 2.75) is 47.5 Å². The van der Waals surface area contributed by atoms with Gasteiger partial charge in [0, 0.05) is 82.4 Å². The summed E-state index contributed by atoms with van der Waals surface area (Å²) in [7, 11) is 0. The molecule has 5 aromatic heterocycles. The van der Waals surface area contributed by atoms with Crippen LogP contribution in [0.25, 0.3) is 41.1 Å². The number of hydrogen-bond acceptors (Lipinski definition) is 8. The van der Waals surface area contributed by atoms with Gasteiger partial charge in [-0.2, -0.15) is 0 Å². The molecule has 0 atom stereocenters. The summed E-state index contributed by atoms with van der Waals surface area (Å²) in [5.41, 5.74) is 2.61. The average Bonchev–Trinajstić information content (AvgIpc) is 3.81. The number of aryl methyl sites for hydroxylation is 4. The van der Waals surface area contributed by atoms with E-state index in [9.17, 15) is 14.4 Å². The first-order valence-electron chi connectivity index (χ1n) is 14.6. The predicted octanol–water partition coefficient (Wildman–Crippen LogP) is 8.58. The monoisotopic (exact) mass is 669 g/mol. The highest BCUT2D eigenvalue weighted by Crippen LogP contribution is 2.45. The van der Waals surface area contributed by atoms with E-state index in [1.165, 1.54) is 46.3 Å². The minimum Gasteiger partial charge on any atom is -0.288 e. The van der Waals surface area contributed by atoms with Crippen LogP contribution in [-0.4, -0.2) is 29.0 Å². The van der Waals surface area contributed by atoms with Crippen molar-refractivity contribution in [3.8, 4) is 9.75 Å². The number of Topliss-reactive ketones (excluding diaryl/α,β-unsaturated/α-hetero) is 1. The molecule has 0 N–H and O–H groups in total. The third-order valence-electron chi connectivity index (χ3n) is 8.46. The molecule has 0 saturated heterocycles. The zero-order valence-electron chi connectivity index (χ0n) is 24.8. The molecule has 0 fully saturated rings. The highest BCUT2D eigenvalue weighted by molar-refractivity contribution is 7.24. The number of nitrogens with zero attached hydrogens (tertiary/aromatic N) is 1. The van der Waals surface area contributed by atoms with Crippen LogP contribution in [0.4, 0.5) is 0 Å². The van der Waals surface area contributed by atoms with Gasteiger partial charge in [-0.05, 0) is 70.5 Å². The summed E-state index contributed by atoms with van der Waals surface area (Å²) in [5, 5.41) is 4.53. The lowest BCUT2D eigenvalue weighted by Gasteiger charge is -2.13. The third-order valence-corrected chi connectivity index (χ3v) is 14.0. The molecular weight excluding hydrogens is 643 g/mol. The van der Waals surface area contributed by atoms with E-state index in [-0.39, 0.29) is 17.6 Å². The van der Waals surface area contributed by atoms with Gasteiger partial charge in [0.2, 0.25) is 0 Å². The summed E-state index contributed by atoms with van der Waals surface area (Å²) in [6, 6.07) is 12.8. The van der Waals surface area contributed by atoms with Crippen LogP contribution in [0.3, 0.4) is 0 Å². The summed E-state index contributed by atoms with van der Waals surface area (Å²) in [5.74, 6) is -0.316. The summed E-state index contributed by atoms with van der Waals surface area (Å²) in [6.45, 7) is 10.8. The molecule has 0 saturated carbocycles. The fraction of sp³-hybridized carbons (Fsp3) is 0.229. The maximum absolute atomic E-state index is 14.7. The van der Waals surface area contributed by atoms with Crippen molar-refractivity contribution in [1.82, 2.24) is 4.90 Å². The fourth-order valence-electron chi connectivity index (χ4n) is 6.55. The minimum atomic E-state index is -0.197. The second-order valence-electron chi connectivity index (χ2n) is 11.5. The number of amides is 2. The quantitative estimate of drug-likeness (QED) is 0.167. The van der Waals surface area contributed by atoms with Gasteiger partial charge in [-0.1, -0.05) is 13.3 Å². The van der Waals surface area contributed by atoms with Gasteiger partial charge in [-0.25, -0.2) is 0 Å². The summed E-state index contributed by atoms with van der Waals surface area (Å²) >= 11 is 8.24. The molecule has 0 spiro atoms. The van der Waals surface area contributed by atoms with Crippen molar-refractivity contribution in [1.29, 1.82) is 0 Å². The van der Waals surface area contributed by atoms with Crippen LogP contribution in [-0.2, 0) is 4.79 Å². The molecule has 6 aromatic rings. The van der Waals surface area contributed by atoms with Crippen LogP contribution < -0.4 is 10.4 Å². The molecular formula is C35H27NO3S5. The van der Waals surface area contributed by atoms with Crippen LogP contribution in [0.5, 0.6) is 0 Å². The molecule has 1 aromatic carbocycles. The van der Waals surface area contributed by atoms with Gasteiger partial charge in [-0.15, -0.1) is 56.7 Å². The first-order chi connectivity index (χ1) is 21.2. The van der Waals surface area contributed by atoms with Crippen molar-refractivity contribution >= 4 is 106 Å². The number of rotatable bonds is 6. The third kappa shape index (κ3) is 3.93. The Morgan fingerprint density at radius 3 is 1.80 bits per heavy atom. The van der Waals surface area contributed by atoms with Crippen LogP contribution in [0.1, 0.15) is 69.7 Å². The largest absolute Gasteiger partial charge is 0.288 e. The highest BCUT2D eigenvalue weighted by Gasteiger charge is 2.41. The van der Waals surface area contributed by atoms with E-state index in [0.29, 0.717) is 17.7 Å². The van der Waals surface area contributed by atoms with Gasteiger partial charge in [-0.3, -0.25) is 19.3 Å². The Morgan fingerprint density at radius 1 is 0.636 bits per heavy atom. The summed E-state index contributed by atoms with van der Waals surface area (Å²) < 4.78 is 2.33. The maximum Gasteiger partial charge on any atom is 0.263 e. The van der Waals surface area contributed by atoms with Gasteiger partial charge >= 0.3 is 0 Å². The van der Waals surface area contributed by atoms with Crippen molar-refractivity contribution in [2.75, 3.05) is 6.54 Å². The number of benzene rings is 1. The molecule has 2 aliphatic rings. The molecule has 2 amide bonds. The molecule has 0 radical (unpaired) electrons. The van der Waals surface area contributed by atoms with Crippen molar-refractivity contribution < 1.29 is 14.4 Å². The number of fused-ring (bicyclic) bond motifs is 7. The van der Waals surface area contributed by atoms with Crippen LogP contribution in [0.2, 0.25) is 0 Å². The number of hydrogen-bond donors (Lipinski definition) is 0. The van der Waals surface area contributed by atoms with Gasteiger partial charge < -0.3 is 0 Å². The van der Waals surface area contributed by atoms with Gasteiger partial charge in [0.15, 0.2) is 5.78 Å². The Hall–Kier alpha value is -3.21. The molecule has 0 bridgehead atoms. The van der Waals surface area contributed by atoms with E-state index >= 15 is 0 Å². The van der Waals surface area contributed by atoms with E-state index in [2.05, 4.69) is 52.0 Å². The smallest absolute Gasteiger partial charge is 0.263 e. The molecule has 4 nitrogen and oxygen atoms in total. The first kappa shape index (κ1) is 28.3. The Bertz CT molecular complexity index is 2390. The van der Waals surface area contributed by atoms with E-state index < -0.39 is 0 Å². The van der Waals surface area contributed by atoms with E-state index in [4.69, 9.17) is 0 Å². The Labute approximate surface area is 274 Å². The van der Waals surface area contributed by atoms with Crippen LogP contribution >= 0.6 is 56.7 Å². The van der Waals surface area contributed by atoms with Crippen LogP contribution in [0.15, 0.2) is 36.4 Å². The number of carbonyl (C=O) groups is 3. The van der Waals surface area contributed by atoms with Crippen molar-refractivity contribution in [3.63, 3.8) is 0 Å². The van der Waals surface area contributed by atoms with E-state index in [0.717, 1.165) is 63.5 Å². The molecule has 44 heavy (non-hydrogen) atoms. The lowest BCUT2D eigenvalue weighted by atomic mass is 10.1. The number of ketones is 1. The number of thiophene rings is 5. The fourth-order valence-corrected chi connectivity index (χ4v) is 11.9. The molecule has 0 unspecified atom stereocenters. The molecule has 9 heteroatoms. The second kappa shape index (κ2) is 10.2. The summed E-state index contributed by atoms with van der Waals surface area (Å²) in [4.78, 5) is 51.0. The topological polar surface area (TPSA) is 54.5 Å². The number of unbranched alkanes of at least 4 members (excludes halogenated alkanes) is 1. The standard InChI is InChI=1S/C35H27NO3S5/c1-6-7-12-36-34(38)24-18(5)43-33(29(24)35(36)39)23-11-10-22(44-23)26-28-27(25(30(26)37)21-9-8-15(2)40-21)31-19(13-16(3)41-31)20-14-17(4)42-32(20)28/h8-11,13-14H,6-7,12H2,1-5H3. The van der Waals surface area contributed by atoms with E-state index in [1.54, 1.807) is 45.3 Å². The zero-order valence-corrected chi connectivity index (χ0v) is 28.9. The molecule has 220 valence electrons. The SMILES string of the molecule is CCCCN1C(=O)c2c(C)sc(-c3ccc(C4=c5c(c6sc(C)cc6c6cc(C)sc56)=C(c5ccc(C)s5)C4=O)s3)c2C1=O. The summed E-state index contributed by atoms with van der Waals surface area (Å²) in [6.07, 6.45) is 1.70. The molecule has 1 aliphatic carbocycles. The Balaban J connectivity index is 1.39. The lowest BCUT2D eigenvalue weighted by Crippen LogP contribution is -2.31. The van der Waals surface area contributed by atoms with Crippen LogP contribution in [0, 0.1) is 27.7 Å². The Kier molecular flexibility index (Phi) is 6.52.